The molecule has 104 valence electrons. The van der Waals surface area contributed by atoms with Crippen LogP contribution in [0.25, 0.3) is 0 Å². The predicted octanol–water partition coefficient (Wildman–Crippen LogP) is 3.25. The molecule has 0 aromatic heterocycles. The van der Waals surface area contributed by atoms with Crippen molar-refractivity contribution >= 4 is 7.82 Å². The van der Waals surface area contributed by atoms with Gasteiger partial charge >= 0.3 is 7.82 Å². The van der Waals surface area contributed by atoms with Gasteiger partial charge < -0.3 is 4.74 Å². The van der Waals surface area contributed by atoms with Crippen molar-refractivity contribution in [3.63, 3.8) is 0 Å². The Hall–Kier alpha value is 0.0700. The van der Waals surface area contributed by atoms with Crippen LogP contribution in [0.1, 0.15) is 33.1 Å². The van der Waals surface area contributed by atoms with Gasteiger partial charge in [-0.15, -0.1) is 0 Å². The molecule has 0 heterocycles. The van der Waals surface area contributed by atoms with Gasteiger partial charge in [0.25, 0.3) is 0 Å². The molecule has 0 radical (unpaired) electrons. The monoisotopic (exact) mass is 268 g/mol. The van der Waals surface area contributed by atoms with E-state index < -0.39 is 7.82 Å². The summed E-state index contributed by atoms with van der Waals surface area (Å²) in [6, 6.07) is 0. The van der Waals surface area contributed by atoms with Crippen LogP contribution in [0.15, 0.2) is 0 Å². The second-order valence-corrected chi connectivity index (χ2v) is 5.67. The summed E-state index contributed by atoms with van der Waals surface area (Å²) in [5.41, 5.74) is 0. The molecule has 0 spiro atoms. The minimum absolute atomic E-state index is 0.210. The Kier molecular flexibility index (Phi) is 10.1. The van der Waals surface area contributed by atoms with Crippen molar-refractivity contribution in [2.75, 3.05) is 34.0 Å². The smallest absolute Gasteiger partial charge is 0.379 e. The van der Waals surface area contributed by atoms with Crippen molar-refractivity contribution in [1.29, 1.82) is 0 Å². The molecular weight excluding hydrogens is 243 g/mol. The maximum atomic E-state index is 11.5. The van der Waals surface area contributed by atoms with Crippen LogP contribution < -0.4 is 0 Å². The van der Waals surface area contributed by atoms with Crippen LogP contribution in [0.4, 0.5) is 0 Å². The lowest BCUT2D eigenvalue weighted by molar-refractivity contribution is 0.0557. The fraction of sp³-hybridized carbons (Fsp3) is 1.00. The molecule has 0 aromatic carbocycles. The third-order valence-corrected chi connectivity index (χ3v) is 3.95. The van der Waals surface area contributed by atoms with E-state index in [9.17, 15) is 4.57 Å². The predicted molar refractivity (Wildman–Crippen MR) is 67.1 cm³/mol. The highest BCUT2D eigenvalue weighted by molar-refractivity contribution is 7.48. The molecule has 6 heteroatoms. The first-order valence-electron chi connectivity index (χ1n) is 6.05. The van der Waals surface area contributed by atoms with Gasteiger partial charge in [-0.05, 0) is 12.3 Å². The zero-order valence-corrected chi connectivity index (χ0v) is 12.2. The van der Waals surface area contributed by atoms with Crippen molar-refractivity contribution < 1.29 is 22.9 Å². The van der Waals surface area contributed by atoms with Crippen LogP contribution in [0.3, 0.4) is 0 Å². The van der Waals surface area contributed by atoms with Gasteiger partial charge in [-0.2, -0.15) is 0 Å². The van der Waals surface area contributed by atoms with Crippen LogP contribution in [0.5, 0.6) is 0 Å². The van der Waals surface area contributed by atoms with E-state index in [1.165, 1.54) is 27.1 Å². The van der Waals surface area contributed by atoms with Gasteiger partial charge in [0.15, 0.2) is 0 Å². The Morgan fingerprint density at radius 1 is 1.12 bits per heavy atom. The lowest BCUT2D eigenvalue weighted by Crippen LogP contribution is -2.12. The first-order chi connectivity index (χ1) is 8.11. The molecule has 0 N–H and O–H groups in total. The molecule has 1 atom stereocenters. The summed E-state index contributed by atoms with van der Waals surface area (Å²) < 4.78 is 31.2. The molecule has 0 aliphatic rings. The van der Waals surface area contributed by atoms with E-state index in [0.717, 1.165) is 13.0 Å². The van der Waals surface area contributed by atoms with E-state index >= 15 is 0 Å². The van der Waals surface area contributed by atoms with Crippen molar-refractivity contribution in [3.05, 3.63) is 0 Å². The number of ether oxygens (including phenoxy) is 1. The van der Waals surface area contributed by atoms with Crippen LogP contribution in [-0.4, -0.2) is 34.0 Å². The van der Waals surface area contributed by atoms with Gasteiger partial charge in [-0.3, -0.25) is 13.6 Å². The van der Waals surface area contributed by atoms with Gasteiger partial charge in [0.2, 0.25) is 0 Å². The molecule has 0 rings (SSSR count). The van der Waals surface area contributed by atoms with Crippen LogP contribution in [-0.2, 0) is 22.9 Å². The number of rotatable bonds is 11. The van der Waals surface area contributed by atoms with E-state index in [4.69, 9.17) is 9.26 Å². The second kappa shape index (κ2) is 10.0. The van der Waals surface area contributed by atoms with E-state index in [2.05, 4.69) is 22.9 Å². The van der Waals surface area contributed by atoms with Gasteiger partial charge in [-0.1, -0.05) is 26.7 Å². The number of phosphoric acid groups is 1. The zero-order valence-electron chi connectivity index (χ0n) is 11.3. The maximum Gasteiger partial charge on any atom is 0.474 e. The van der Waals surface area contributed by atoms with Gasteiger partial charge in [-0.25, -0.2) is 4.57 Å². The third kappa shape index (κ3) is 7.90. The summed E-state index contributed by atoms with van der Waals surface area (Å²) in [5.74, 6) is 0.594. The average Bonchev–Trinajstić information content (AvgIpc) is 2.36. The number of hydrogen-bond donors (Lipinski definition) is 0. The largest absolute Gasteiger partial charge is 0.474 e. The van der Waals surface area contributed by atoms with Crippen molar-refractivity contribution in [1.82, 2.24) is 0 Å². The lowest BCUT2D eigenvalue weighted by atomic mass is 10.0. The summed E-state index contributed by atoms with van der Waals surface area (Å²) in [5, 5.41) is 0. The van der Waals surface area contributed by atoms with Crippen LogP contribution in [0, 0.1) is 5.92 Å². The highest BCUT2D eigenvalue weighted by atomic mass is 31.2. The fourth-order valence-corrected chi connectivity index (χ4v) is 2.11. The lowest BCUT2D eigenvalue weighted by Gasteiger charge is -2.15. The molecule has 17 heavy (non-hydrogen) atoms. The Morgan fingerprint density at radius 2 is 1.76 bits per heavy atom. The molecule has 0 aromatic rings. The highest BCUT2D eigenvalue weighted by Gasteiger charge is 2.21. The molecule has 0 bridgehead atoms. The first kappa shape index (κ1) is 17.1. The van der Waals surface area contributed by atoms with E-state index in [-0.39, 0.29) is 6.61 Å². The topological polar surface area (TPSA) is 54.0 Å². The number of hydrogen-bond acceptors (Lipinski definition) is 5. The minimum Gasteiger partial charge on any atom is -0.379 e. The Labute approximate surface area is 104 Å². The van der Waals surface area contributed by atoms with Crippen LogP contribution in [0.2, 0.25) is 0 Å². The third-order valence-electron chi connectivity index (χ3n) is 2.55. The molecule has 0 saturated carbocycles. The summed E-state index contributed by atoms with van der Waals surface area (Å²) in [6.07, 6.45) is 3.45. The van der Waals surface area contributed by atoms with Crippen LogP contribution >= 0.6 is 7.82 Å². The fourth-order valence-electron chi connectivity index (χ4n) is 1.45. The summed E-state index contributed by atoms with van der Waals surface area (Å²) in [6.45, 7) is 5.65. The van der Waals surface area contributed by atoms with Gasteiger partial charge in [0.05, 0.1) is 13.2 Å². The highest BCUT2D eigenvalue weighted by Crippen LogP contribution is 2.47. The molecule has 0 aliphatic heterocycles. The second-order valence-electron chi connectivity index (χ2n) is 3.78. The standard InChI is InChI=1S/C11H25O5P/c1-5-7-11(6-2)10-15-8-9-16-17(12,13-3)14-4/h11H,5-10H2,1-4H3. The van der Waals surface area contributed by atoms with Crippen molar-refractivity contribution in [2.24, 2.45) is 5.92 Å². The van der Waals surface area contributed by atoms with Gasteiger partial charge in [0.1, 0.15) is 0 Å². The molecule has 1 unspecified atom stereocenters. The van der Waals surface area contributed by atoms with E-state index in [1.807, 2.05) is 0 Å². The molecular formula is C11H25O5P. The summed E-state index contributed by atoms with van der Waals surface area (Å²) in [4.78, 5) is 0. The summed E-state index contributed by atoms with van der Waals surface area (Å²) in [7, 11) is -0.762. The van der Waals surface area contributed by atoms with E-state index in [1.54, 1.807) is 0 Å². The summed E-state index contributed by atoms with van der Waals surface area (Å²) >= 11 is 0. The Morgan fingerprint density at radius 3 is 2.24 bits per heavy atom. The molecule has 5 nitrogen and oxygen atoms in total. The molecule has 0 fully saturated rings. The molecule has 0 aliphatic carbocycles. The normalized spacial score (nSPS) is 13.9. The molecule has 0 amide bonds. The maximum absolute atomic E-state index is 11.5. The Balaban J connectivity index is 3.61. The minimum atomic E-state index is -3.34. The molecule has 0 saturated heterocycles. The Bertz CT molecular complexity index is 214. The number of phosphoric ester groups is 1. The SMILES string of the molecule is CCCC(CC)COCCOP(=O)(OC)OC. The quantitative estimate of drug-likeness (QED) is 0.425. The first-order valence-corrected chi connectivity index (χ1v) is 7.51. The van der Waals surface area contributed by atoms with Crippen molar-refractivity contribution in [3.8, 4) is 0 Å². The van der Waals surface area contributed by atoms with Crippen molar-refractivity contribution in [2.45, 2.75) is 33.1 Å². The van der Waals surface area contributed by atoms with E-state index in [0.29, 0.717) is 12.5 Å². The average molecular weight is 268 g/mol. The zero-order chi connectivity index (χ0) is 13.1. The van der Waals surface area contributed by atoms with Gasteiger partial charge in [0, 0.05) is 20.8 Å².